The van der Waals surface area contributed by atoms with Gasteiger partial charge in [0.2, 0.25) is 0 Å². The Labute approximate surface area is 286 Å². The van der Waals surface area contributed by atoms with Gasteiger partial charge in [-0.1, -0.05) is 89.0 Å². The molecule has 0 unspecified atom stereocenters. The molecule has 0 atom stereocenters. The Morgan fingerprint density at radius 1 is 0.391 bits per heavy atom. The first-order chi connectivity index (χ1) is 21.5. The lowest BCUT2D eigenvalue weighted by Crippen LogP contribution is -2.17. The average molecular weight is 650 g/mol. The number of rotatable bonds is 6. The van der Waals surface area contributed by atoms with E-state index in [1.807, 2.05) is 24.3 Å². The molecule has 5 aromatic carbocycles. The van der Waals surface area contributed by atoms with E-state index in [0.29, 0.717) is 0 Å². The summed E-state index contributed by atoms with van der Waals surface area (Å²) in [5, 5.41) is 1.44. The molecule has 5 aromatic rings. The number of aryl methyl sites for hydroxylation is 4. The predicted molar refractivity (Wildman–Crippen MR) is 202 cm³/mol. The minimum atomic E-state index is 0.0628. The smallest absolute Gasteiger partial charge is 0.0520 e. The van der Waals surface area contributed by atoms with Crippen LogP contribution in [0, 0.1) is 27.7 Å². The minimum Gasteiger partial charge on any atom is -0.310 e. The summed E-state index contributed by atoms with van der Waals surface area (Å²) in [5.74, 6) is 0. The van der Waals surface area contributed by atoms with Crippen LogP contribution >= 0.6 is 23.2 Å². The molecule has 0 bridgehead atoms. The van der Waals surface area contributed by atoms with Gasteiger partial charge in [-0.2, -0.15) is 0 Å². The van der Waals surface area contributed by atoms with E-state index in [1.165, 1.54) is 44.8 Å². The van der Waals surface area contributed by atoms with E-state index in [4.69, 9.17) is 23.2 Å². The lowest BCUT2D eigenvalue weighted by atomic mass is 9.84. The Balaban J connectivity index is 1.67. The topological polar surface area (TPSA) is 6.48 Å². The summed E-state index contributed by atoms with van der Waals surface area (Å²) in [5.41, 5.74) is 14.4. The van der Waals surface area contributed by atoms with Crippen molar-refractivity contribution in [1.82, 2.24) is 0 Å². The molecule has 0 amide bonds. The van der Waals surface area contributed by atoms with E-state index < -0.39 is 0 Å². The van der Waals surface area contributed by atoms with Gasteiger partial charge in [0.15, 0.2) is 0 Å². The quantitative estimate of drug-likeness (QED) is 0.181. The van der Waals surface area contributed by atoms with E-state index in [9.17, 15) is 0 Å². The molecule has 0 N–H and O–H groups in total. The summed E-state index contributed by atoms with van der Waals surface area (Å²) in [6.45, 7) is 22.5. The van der Waals surface area contributed by atoms with Crippen molar-refractivity contribution in [2.24, 2.45) is 0 Å². The van der Waals surface area contributed by atoms with Crippen molar-refractivity contribution in [3.63, 3.8) is 0 Å². The molecule has 4 heteroatoms. The highest BCUT2D eigenvalue weighted by molar-refractivity contribution is 6.31. The highest BCUT2D eigenvalue weighted by atomic mass is 35.5. The zero-order chi connectivity index (χ0) is 33.6. The Morgan fingerprint density at radius 3 is 0.826 bits per heavy atom. The fraction of sp³-hybridized carbons (Fsp3) is 0.286. The molecule has 0 saturated heterocycles. The standard InChI is InChI=1S/C42H46Cl2N2/c1-27-23-31(41(5,6)7)24-28(2)39(27)45(35-15-11-33(43)12-16-35)37-19-21-38(22-20-37)46(36-17-13-34(44)14-18-36)40-29(3)25-32(26-30(40)4)42(8,9)10/h11-26H,1-10H3. The van der Waals surface area contributed by atoms with Gasteiger partial charge in [-0.05, 0) is 145 Å². The molecule has 0 aromatic heterocycles. The fourth-order valence-electron chi connectivity index (χ4n) is 6.23. The van der Waals surface area contributed by atoms with Crippen molar-refractivity contribution in [1.29, 1.82) is 0 Å². The lowest BCUT2D eigenvalue weighted by Gasteiger charge is -2.32. The molecule has 0 spiro atoms. The molecular formula is C42H46Cl2N2. The van der Waals surface area contributed by atoms with Crippen LogP contribution in [0.2, 0.25) is 10.0 Å². The first-order valence-corrected chi connectivity index (χ1v) is 16.7. The van der Waals surface area contributed by atoms with Gasteiger partial charge in [-0.3, -0.25) is 0 Å². The van der Waals surface area contributed by atoms with E-state index >= 15 is 0 Å². The van der Waals surface area contributed by atoms with Gasteiger partial charge in [-0.15, -0.1) is 0 Å². The van der Waals surface area contributed by atoms with Crippen LogP contribution in [-0.2, 0) is 10.8 Å². The highest BCUT2D eigenvalue weighted by Gasteiger charge is 2.24. The van der Waals surface area contributed by atoms with Gasteiger partial charge < -0.3 is 9.80 Å². The van der Waals surface area contributed by atoms with Crippen LogP contribution in [0.5, 0.6) is 0 Å². The van der Waals surface area contributed by atoms with Crippen molar-refractivity contribution >= 4 is 57.3 Å². The lowest BCUT2D eigenvalue weighted by molar-refractivity contribution is 0.589. The van der Waals surface area contributed by atoms with Crippen molar-refractivity contribution in [2.45, 2.75) is 80.1 Å². The molecule has 0 radical (unpaired) electrons. The van der Waals surface area contributed by atoms with Gasteiger partial charge in [0.25, 0.3) is 0 Å². The van der Waals surface area contributed by atoms with Crippen LogP contribution in [0.25, 0.3) is 0 Å². The molecule has 0 aliphatic carbocycles. The Kier molecular flexibility index (Phi) is 9.37. The highest BCUT2D eigenvalue weighted by Crippen LogP contribution is 2.44. The molecule has 238 valence electrons. The van der Waals surface area contributed by atoms with Gasteiger partial charge in [0.05, 0.1) is 11.4 Å². The van der Waals surface area contributed by atoms with Crippen molar-refractivity contribution in [3.05, 3.63) is 140 Å². The fourth-order valence-corrected chi connectivity index (χ4v) is 6.48. The maximum atomic E-state index is 6.35. The molecule has 2 nitrogen and oxygen atoms in total. The summed E-state index contributed by atoms with van der Waals surface area (Å²) in [6.07, 6.45) is 0. The van der Waals surface area contributed by atoms with E-state index in [2.05, 4.69) is 152 Å². The SMILES string of the molecule is Cc1cc(C(C)(C)C)cc(C)c1N(c1ccc(Cl)cc1)c1ccc(N(c2ccc(Cl)cc2)c2c(C)cc(C(C)(C)C)cc2C)cc1. The minimum absolute atomic E-state index is 0.0628. The number of anilines is 6. The molecular weight excluding hydrogens is 603 g/mol. The van der Waals surface area contributed by atoms with Crippen LogP contribution in [0.15, 0.2) is 97.1 Å². The molecule has 46 heavy (non-hydrogen) atoms. The number of hydrogen-bond donors (Lipinski definition) is 0. The van der Waals surface area contributed by atoms with Crippen molar-refractivity contribution < 1.29 is 0 Å². The van der Waals surface area contributed by atoms with Crippen molar-refractivity contribution in [3.8, 4) is 0 Å². The van der Waals surface area contributed by atoms with Gasteiger partial charge in [-0.25, -0.2) is 0 Å². The van der Waals surface area contributed by atoms with E-state index in [-0.39, 0.29) is 10.8 Å². The van der Waals surface area contributed by atoms with Crippen LogP contribution < -0.4 is 9.80 Å². The molecule has 0 saturated carbocycles. The molecule has 0 heterocycles. The van der Waals surface area contributed by atoms with Gasteiger partial charge in [0.1, 0.15) is 0 Å². The summed E-state index contributed by atoms with van der Waals surface area (Å²) in [4.78, 5) is 4.69. The summed E-state index contributed by atoms with van der Waals surface area (Å²) < 4.78 is 0. The maximum Gasteiger partial charge on any atom is 0.0520 e. The van der Waals surface area contributed by atoms with Crippen LogP contribution in [0.1, 0.15) is 74.9 Å². The molecule has 0 aliphatic heterocycles. The van der Waals surface area contributed by atoms with E-state index in [0.717, 1.165) is 32.8 Å². The van der Waals surface area contributed by atoms with Gasteiger partial charge in [0, 0.05) is 32.8 Å². The number of hydrogen-bond acceptors (Lipinski definition) is 2. The van der Waals surface area contributed by atoms with Crippen LogP contribution in [0.4, 0.5) is 34.1 Å². The Morgan fingerprint density at radius 2 is 0.609 bits per heavy atom. The third-order valence-corrected chi connectivity index (χ3v) is 9.20. The zero-order valence-electron chi connectivity index (χ0n) is 28.9. The monoisotopic (exact) mass is 648 g/mol. The normalized spacial score (nSPS) is 11.9. The van der Waals surface area contributed by atoms with Crippen LogP contribution in [0.3, 0.4) is 0 Å². The largest absolute Gasteiger partial charge is 0.310 e. The number of benzene rings is 5. The summed E-state index contributed by atoms with van der Waals surface area (Å²) in [7, 11) is 0. The number of halogens is 2. The zero-order valence-corrected chi connectivity index (χ0v) is 30.4. The molecule has 0 aliphatic rings. The second kappa shape index (κ2) is 12.8. The Hall–Kier alpha value is -3.72. The third kappa shape index (κ3) is 6.99. The van der Waals surface area contributed by atoms with Crippen LogP contribution in [-0.4, -0.2) is 0 Å². The second-order valence-electron chi connectivity index (χ2n) is 14.6. The molecule has 0 fully saturated rings. The van der Waals surface area contributed by atoms with Crippen molar-refractivity contribution in [2.75, 3.05) is 9.80 Å². The first kappa shape index (κ1) is 33.6. The second-order valence-corrected chi connectivity index (χ2v) is 15.4. The summed E-state index contributed by atoms with van der Waals surface area (Å²) >= 11 is 12.7. The number of nitrogens with zero attached hydrogens (tertiary/aromatic N) is 2. The predicted octanol–water partition coefficient (Wildman–Crippen LogP) is 13.8. The molecule has 5 rings (SSSR count). The maximum absolute atomic E-state index is 6.35. The van der Waals surface area contributed by atoms with E-state index in [1.54, 1.807) is 0 Å². The Bertz CT molecular complexity index is 1660. The average Bonchev–Trinajstić information content (AvgIpc) is 2.97. The van der Waals surface area contributed by atoms with Gasteiger partial charge >= 0.3 is 0 Å². The third-order valence-electron chi connectivity index (χ3n) is 8.70. The first-order valence-electron chi connectivity index (χ1n) is 16.0. The summed E-state index contributed by atoms with van der Waals surface area (Å²) in [6, 6.07) is 34.4.